The summed E-state index contributed by atoms with van der Waals surface area (Å²) in [6.07, 6.45) is 0. The van der Waals surface area contributed by atoms with Crippen LogP contribution < -0.4 is 0 Å². The summed E-state index contributed by atoms with van der Waals surface area (Å²) in [6, 6.07) is 5.47. The minimum absolute atomic E-state index is 0.440. The average Bonchev–Trinajstić information content (AvgIpc) is 2.46. The van der Waals surface area contributed by atoms with E-state index in [9.17, 15) is 8.78 Å². The van der Waals surface area contributed by atoms with Crippen molar-refractivity contribution in [2.24, 2.45) is 0 Å². The van der Waals surface area contributed by atoms with Gasteiger partial charge in [-0.2, -0.15) is 0 Å². The Labute approximate surface area is 98.7 Å². The van der Waals surface area contributed by atoms with Crippen molar-refractivity contribution in [1.82, 2.24) is 0 Å². The van der Waals surface area contributed by atoms with Crippen LogP contribution in [0, 0.1) is 18.6 Å². The molecule has 0 atom stereocenters. The first-order valence-electron chi connectivity index (χ1n) is 4.29. The fraction of sp³-hybridized carbons (Fsp3) is 0.0909. The van der Waals surface area contributed by atoms with E-state index in [1.165, 1.54) is 23.5 Å². The van der Waals surface area contributed by atoms with Crippen LogP contribution in [-0.2, 0) is 0 Å². The summed E-state index contributed by atoms with van der Waals surface area (Å²) in [5.41, 5.74) is 0.440. The van der Waals surface area contributed by atoms with Crippen molar-refractivity contribution in [3.63, 3.8) is 0 Å². The molecule has 0 spiro atoms. The van der Waals surface area contributed by atoms with Gasteiger partial charge in [-0.3, -0.25) is 0 Å². The molecule has 0 fully saturated rings. The van der Waals surface area contributed by atoms with E-state index in [1.807, 2.05) is 13.0 Å². The highest BCUT2D eigenvalue weighted by molar-refractivity contribution is 9.10. The molecule has 0 unspecified atom stereocenters. The predicted molar refractivity (Wildman–Crippen MR) is 62.1 cm³/mol. The highest BCUT2D eigenvalue weighted by atomic mass is 79.9. The minimum atomic E-state index is -0.552. The second kappa shape index (κ2) is 4.02. The Morgan fingerprint density at radius 2 is 1.93 bits per heavy atom. The fourth-order valence-electron chi connectivity index (χ4n) is 1.28. The molecule has 0 saturated carbocycles. The van der Waals surface area contributed by atoms with Crippen molar-refractivity contribution in [2.45, 2.75) is 6.92 Å². The van der Waals surface area contributed by atoms with E-state index in [-0.39, 0.29) is 0 Å². The highest BCUT2D eigenvalue weighted by Gasteiger charge is 2.10. The number of halogens is 3. The molecule has 0 aliphatic rings. The van der Waals surface area contributed by atoms with Crippen LogP contribution in [0.4, 0.5) is 8.78 Å². The van der Waals surface area contributed by atoms with Gasteiger partial charge >= 0.3 is 0 Å². The second-order valence-corrected chi connectivity index (χ2v) is 5.25. The monoisotopic (exact) mass is 288 g/mol. The summed E-state index contributed by atoms with van der Waals surface area (Å²) in [5.74, 6) is -1.08. The Bertz CT molecular complexity index is 486. The standard InChI is InChI=1S/C11H7BrF2S/c1-6-9(12)5-11(15-6)8-3-2-7(13)4-10(8)14/h2-5H,1H3. The van der Waals surface area contributed by atoms with Gasteiger partial charge in [-0.25, -0.2) is 8.78 Å². The topological polar surface area (TPSA) is 0 Å². The highest BCUT2D eigenvalue weighted by Crippen LogP contribution is 2.35. The third-order valence-electron chi connectivity index (χ3n) is 2.05. The van der Waals surface area contributed by atoms with E-state index in [4.69, 9.17) is 0 Å². The second-order valence-electron chi connectivity index (χ2n) is 3.14. The molecule has 0 radical (unpaired) electrons. The maximum Gasteiger partial charge on any atom is 0.134 e. The van der Waals surface area contributed by atoms with Crippen LogP contribution in [-0.4, -0.2) is 0 Å². The first-order valence-corrected chi connectivity index (χ1v) is 5.90. The number of aryl methyl sites for hydroxylation is 1. The molecule has 0 aliphatic heterocycles. The Kier molecular flexibility index (Phi) is 2.89. The molecule has 1 aromatic carbocycles. The Morgan fingerprint density at radius 3 is 2.47 bits per heavy atom. The molecule has 0 saturated heterocycles. The molecule has 0 bridgehead atoms. The van der Waals surface area contributed by atoms with Crippen molar-refractivity contribution in [2.75, 3.05) is 0 Å². The average molecular weight is 289 g/mol. The van der Waals surface area contributed by atoms with E-state index < -0.39 is 11.6 Å². The normalized spacial score (nSPS) is 10.7. The largest absolute Gasteiger partial charge is 0.207 e. The van der Waals surface area contributed by atoms with Crippen molar-refractivity contribution in [1.29, 1.82) is 0 Å². The summed E-state index contributed by atoms with van der Waals surface area (Å²) in [5, 5.41) is 0. The van der Waals surface area contributed by atoms with Crippen LogP contribution in [0.2, 0.25) is 0 Å². The maximum absolute atomic E-state index is 13.4. The lowest BCUT2D eigenvalue weighted by molar-refractivity contribution is 0.586. The SMILES string of the molecule is Cc1sc(-c2ccc(F)cc2F)cc1Br. The smallest absolute Gasteiger partial charge is 0.134 e. The molecule has 2 aromatic rings. The predicted octanol–water partition coefficient (Wildman–Crippen LogP) is 4.76. The Hall–Kier alpha value is -0.740. The van der Waals surface area contributed by atoms with E-state index in [2.05, 4.69) is 15.9 Å². The zero-order chi connectivity index (χ0) is 11.0. The quantitative estimate of drug-likeness (QED) is 0.709. The Balaban J connectivity index is 2.54. The number of hydrogen-bond acceptors (Lipinski definition) is 1. The molecule has 1 aromatic heterocycles. The number of hydrogen-bond donors (Lipinski definition) is 0. The van der Waals surface area contributed by atoms with Gasteiger partial charge in [0.1, 0.15) is 11.6 Å². The van der Waals surface area contributed by atoms with Crippen LogP contribution in [0.15, 0.2) is 28.7 Å². The fourth-order valence-corrected chi connectivity index (χ4v) is 2.84. The van der Waals surface area contributed by atoms with Crippen molar-refractivity contribution in [3.8, 4) is 10.4 Å². The van der Waals surface area contributed by atoms with Crippen LogP contribution in [0.5, 0.6) is 0 Å². The zero-order valence-corrected chi connectivity index (χ0v) is 10.3. The van der Waals surface area contributed by atoms with Gasteiger partial charge in [-0.1, -0.05) is 0 Å². The third-order valence-corrected chi connectivity index (χ3v) is 4.22. The van der Waals surface area contributed by atoms with Gasteiger partial charge in [0.2, 0.25) is 0 Å². The molecular formula is C11H7BrF2S. The lowest BCUT2D eigenvalue weighted by Crippen LogP contribution is -1.83. The molecule has 4 heteroatoms. The van der Waals surface area contributed by atoms with Gasteiger partial charge in [-0.05, 0) is 41.1 Å². The molecule has 1 heterocycles. The van der Waals surface area contributed by atoms with Crippen LogP contribution in [0.3, 0.4) is 0 Å². The van der Waals surface area contributed by atoms with Crippen molar-refractivity contribution in [3.05, 3.63) is 45.2 Å². The molecular weight excluding hydrogens is 282 g/mol. The van der Waals surface area contributed by atoms with Gasteiger partial charge in [0.05, 0.1) is 0 Å². The van der Waals surface area contributed by atoms with Crippen molar-refractivity contribution >= 4 is 27.3 Å². The molecule has 0 amide bonds. The Morgan fingerprint density at radius 1 is 1.20 bits per heavy atom. The van der Waals surface area contributed by atoms with Gasteiger partial charge in [0.25, 0.3) is 0 Å². The first kappa shape index (κ1) is 10.8. The molecule has 2 rings (SSSR count). The number of thiophene rings is 1. The van der Waals surface area contributed by atoms with E-state index in [1.54, 1.807) is 0 Å². The summed E-state index contributed by atoms with van der Waals surface area (Å²) in [7, 11) is 0. The molecule has 0 aliphatic carbocycles. The van der Waals surface area contributed by atoms with Gasteiger partial charge < -0.3 is 0 Å². The lowest BCUT2D eigenvalue weighted by atomic mass is 10.2. The van der Waals surface area contributed by atoms with E-state index >= 15 is 0 Å². The summed E-state index contributed by atoms with van der Waals surface area (Å²) in [6.45, 7) is 1.94. The van der Waals surface area contributed by atoms with Gasteiger partial charge in [0.15, 0.2) is 0 Å². The van der Waals surface area contributed by atoms with Gasteiger partial charge in [-0.15, -0.1) is 11.3 Å². The molecule has 0 nitrogen and oxygen atoms in total. The van der Waals surface area contributed by atoms with Crippen LogP contribution in [0.25, 0.3) is 10.4 Å². The number of benzene rings is 1. The van der Waals surface area contributed by atoms with E-state index in [0.29, 0.717) is 5.56 Å². The summed E-state index contributed by atoms with van der Waals surface area (Å²) >= 11 is 4.84. The van der Waals surface area contributed by atoms with Crippen molar-refractivity contribution < 1.29 is 8.78 Å². The number of rotatable bonds is 1. The maximum atomic E-state index is 13.4. The molecule has 0 N–H and O–H groups in total. The van der Waals surface area contributed by atoms with Crippen LogP contribution >= 0.6 is 27.3 Å². The zero-order valence-electron chi connectivity index (χ0n) is 7.85. The third kappa shape index (κ3) is 2.11. The summed E-state index contributed by atoms with van der Waals surface area (Å²) in [4.78, 5) is 1.88. The summed E-state index contributed by atoms with van der Waals surface area (Å²) < 4.78 is 27.1. The first-order chi connectivity index (χ1) is 7.08. The van der Waals surface area contributed by atoms with Crippen LogP contribution in [0.1, 0.15) is 4.88 Å². The minimum Gasteiger partial charge on any atom is -0.207 e. The molecule has 15 heavy (non-hydrogen) atoms. The lowest BCUT2D eigenvalue weighted by Gasteiger charge is -1.99. The molecule has 78 valence electrons. The van der Waals surface area contributed by atoms with Gasteiger partial charge in [0, 0.05) is 25.9 Å². The van der Waals surface area contributed by atoms with E-state index in [0.717, 1.165) is 20.3 Å².